The summed E-state index contributed by atoms with van der Waals surface area (Å²) in [6.07, 6.45) is 0. The minimum atomic E-state index is -4.89. The van der Waals surface area contributed by atoms with Gasteiger partial charge in [0.15, 0.2) is 0 Å². The van der Waals surface area contributed by atoms with Gasteiger partial charge in [-0.05, 0) is 19.1 Å². The number of rotatable bonds is 5. The van der Waals surface area contributed by atoms with E-state index in [9.17, 15) is 22.0 Å². The van der Waals surface area contributed by atoms with Crippen molar-refractivity contribution >= 4 is 27.5 Å². The number of amides is 1. The van der Waals surface area contributed by atoms with E-state index in [-0.39, 0.29) is 5.56 Å². The van der Waals surface area contributed by atoms with Crippen LogP contribution in [0.2, 0.25) is 0 Å². The molecule has 178 valence electrons. The van der Waals surface area contributed by atoms with Gasteiger partial charge in [-0.15, -0.1) is 0 Å². The van der Waals surface area contributed by atoms with Gasteiger partial charge in [0.05, 0.1) is 23.7 Å². The number of hydrogen-bond acceptors (Lipinski definition) is 8. The quantitative estimate of drug-likeness (QED) is 0.635. The number of aromatic nitrogens is 2. The number of nitrogens with zero attached hydrogens (tertiary/aromatic N) is 5. The Hall–Kier alpha value is -2.86. The molecule has 2 aromatic rings. The molecule has 4 rings (SSSR count). The van der Waals surface area contributed by atoms with E-state index in [1.54, 1.807) is 0 Å². The average molecular weight is 482 g/mol. The van der Waals surface area contributed by atoms with Gasteiger partial charge in [-0.3, -0.25) is 4.79 Å². The number of ether oxygens (including phenoxy) is 1. The summed E-state index contributed by atoms with van der Waals surface area (Å²) in [5.74, 6) is -2.79. The number of hydrogen-bond donors (Lipinski definition) is 0. The molecule has 2 aliphatic rings. The van der Waals surface area contributed by atoms with E-state index < -0.39 is 26.4 Å². The summed E-state index contributed by atoms with van der Waals surface area (Å²) in [7, 11) is -4.89. The Balaban J connectivity index is 1.48. The standard InChI is InChI=1S/C21H25F2N5O4S/c1-15-14-18(25-21(24-15)28-10-12-32-13-11-28)26-6-8-27(9-7-26)19(29)16-4-2-3-5-17(16)33(30,31)20(22)23/h2-5,14,20H,6-13H2,1H3. The smallest absolute Gasteiger partial charge is 0.341 e. The van der Waals surface area contributed by atoms with Crippen molar-refractivity contribution in [1.82, 2.24) is 14.9 Å². The Morgan fingerprint density at radius 2 is 1.67 bits per heavy atom. The highest BCUT2D eigenvalue weighted by Crippen LogP contribution is 2.25. The summed E-state index contributed by atoms with van der Waals surface area (Å²) >= 11 is 0. The topological polar surface area (TPSA) is 95.9 Å². The largest absolute Gasteiger partial charge is 0.378 e. The van der Waals surface area contributed by atoms with Crippen LogP contribution in [0.15, 0.2) is 35.2 Å². The van der Waals surface area contributed by atoms with E-state index in [1.807, 2.05) is 17.9 Å². The Morgan fingerprint density at radius 3 is 2.33 bits per heavy atom. The Bertz CT molecular complexity index is 1120. The number of alkyl halides is 2. The van der Waals surface area contributed by atoms with Gasteiger partial charge in [-0.2, -0.15) is 13.8 Å². The molecule has 0 radical (unpaired) electrons. The molecule has 2 fully saturated rings. The third kappa shape index (κ3) is 4.91. The second kappa shape index (κ2) is 9.56. The first-order chi connectivity index (χ1) is 15.8. The van der Waals surface area contributed by atoms with Gasteiger partial charge in [0.25, 0.3) is 5.91 Å². The first kappa shape index (κ1) is 23.3. The molecule has 0 atom stereocenters. The molecule has 0 bridgehead atoms. The summed E-state index contributed by atoms with van der Waals surface area (Å²) in [5.41, 5.74) is 0.588. The van der Waals surface area contributed by atoms with Crippen molar-refractivity contribution in [2.24, 2.45) is 0 Å². The highest BCUT2D eigenvalue weighted by molar-refractivity contribution is 7.91. The van der Waals surface area contributed by atoms with E-state index in [0.29, 0.717) is 58.4 Å². The van der Waals surface area contributed by atoms with E-state index >= 15 is 0 Å². The molecule has 1 amide bonds. The van der Waals surface area contributed by atoms with Crippen LogP contribution in [-0.2, 0) is 14.6 Å². The van der Waals surface area contributed by atoms with E-state index in [1.165, 1.54) is 23.1 Å². The molecule has 2 saturated heterocycles. The Labute approximate surface area is 190 Å². The maximum atomic E-state index is 13.1. The van der Waals surface area contributed by atoms with E-state index in [0.717, 1.165) is 17.6 Å². The van der Waals surface area contributed by atoms with Crippen LogP contribution >= 0.6 is 0 Å². The third-order valence-electron chi connectivity index (χ3n) is 5.67. The molecular formula is C21H25F2N5O4S. The minimum absolute atomic E-state index is 0.237. The fourth-order valence-corrected chi connectivity index (χ4v) is 4.82. The molecule has 3 heterocycles. The number of anilines is 2. The zero-order chi connectivity index (χ0) is 23.6. The lowest BCUT2D eigenvalue weighted by molar-refractivity contribution is 0.0742. The molecule has 0 N–H and O–H groups in total. The monoisotopic (exact) mass is 481 g/mol. The van der Waals surface area contributed by atoms with Gasteiger partial charge in [0.1, 0.15) is 5.82 Å². The number of aryl methyl sites for hydroxylation is 1. The zero-order valence-electron chi connectivity index (χ0n) is 18.2. The number of carbonyl (C=O) groups excluding carboxylic acids is 1. The van der Waals surface area contributed by atoms with E-state index in [2.05, 4.69) is 9.88 Å². The van der Waals surface area contributed by atoms with Crippen molar-refractivity contribution in [3.05, 3.63) is 41.6 Å². The number of sulfone groups is 1. The second-order valence-electron chi connectivity index (χ2n) is 7.85. The fourth-order valence-electron chi connectivity index (χ4n) is 3.90. The van der Waals surface area contributed by atoms with Gasteiger partial charge >= 0.3 is 5.76 Å². The van der Waals surface area contributed by atoms with Crippen molar-refractivity contribution in [2.75, 3.05) is 62.3 Å². The number of halogens is 2. The van der Waals surface area contributed by atoms with Crippen LogP contribution in [0.3, 0.4) is 0 Å². The lowest BCUT2D eigenvalue weighted by Crippen LogP contribution is -2.49. The fraction of sp³-hybridized carbons (Fsp3) is 0.476. The molecule has 33 heavy (non-hydrogen) atoms. The van der Waals surface area contributed by atoms with Gasteiger partial charge < -0.3 is 19.4 Å². The van der Waals surface area contributed by atoms with Crippen LogP contribution in [0, 0.1) is 6.92 Å². The molecule has 0 saturated carbocycles. The van der Waals surface area contributed by atoms with Crippen LogP contribution in [0.1, 0.15) is 16.1 Å². The van der Waals surface area contributed by atoms with Crippen LogP contribution in [0.4, 0.5) is 20.5 Å². The van der Waals surface area contributed by atoms with Gasteiger partial charge in [-0.1, -0.05) is 12.1 Å². The van der Waals surface area contributed by atoms with Gasteiger partial charge in [0.2, 0.25) is 15.8 Å². The number of piperazine rings is 1. The lowest BCUT2D eigenvalue weighted by Gasteiger charge is -2.36. The minimum Gasteiger partial charge on any atom is -0.378 e. The molecule has 12 heteroatoms. The zero-order valence-corrected chi connectivity index (χ0v) is 19.0. The van der Waals surface area contributed by atoms with Crippen LogP contribution in [0.25, 0.3) is 0 Å². The normalized spacial score (nSPS) is 17.5. The maximum Gasteiger partial charge on any atom is 0.341 e. The van der Waals surface area contributed by atoms with Crippen LogP contribution in [-0.4, -0.2) is 87.4 Å². The van der Waals surface area contributed by atoms with E-state index in [4.69, 9.17) is 9.72 Å². The van der Waals surface area contributed by atoms with Crippen molar-refractivity contribution in [3.8, 4) is 0 Å². The molecule has 1 aromatic carbocycles. The summed E-state index contributed by atoms with van der Waals surface area (Å²) in [6.45, 7) is 6.11. The highest BCUT2D eigenvalue weighted by Gasteiger charge is 2.33. The van der Waals surface area contributed by atoms with Crippen LogP contribution < -0.4 is 9.80 Å². The van der Waals surface area contributed by atoms with Crippen molar-refractivity contribution in [2.45, 2.75) is 17.6 Å². The van der Waals surface area contributed by atoms with Crippen molar-refractivity contribution in [1.29, 1.82) is 0 Å². The summed E-state index contributed by atoms with van der Waals surface area (Å²) in [4.78, 5) is 27.2. The molecule has 9 nitrogen and oxygen atoms in total. The first-order valence-electron chi connectivity index (χ1n) is 10.6. The summed E-state index contributed by atoms with van der Waals surface area (Å²) in [5, 5.41) is 0. The molecular weight excluding hydrogens is 456 g/mol. The molecule has 0 spiro atoms. The maximum absolute atomic E-state index is 13.1. The predicted molar refractivity (Wildman–Crippen MR) is 118 cm³/mol. The highest BCUT2D eigenvalue weighted by atomic mass is 32.2. The predicted octanol–water partition coefficient (Wildman–Crippen LogP) is 1.58. The van der Waals surface area contributed by atoms with Crippen molar-refractivity contribution < 1.29 is 26.7 Å². The number of benzene rings is 1. The number of carbonyl (C=O) groups is 1. The summed E-state index contributed by atoms with van der Waals surface area (Å²) < 4.78 is 55.6. The van der Waals surface area contributed by atoms with Gasteiger partial charge in [-0.25, -0.2) is 13.4 Å². The van der Waals surface area contributed by atoms with Crippen molar-refractivity contribution in [3.63, 3.8) is 0 Å². The first-order valence-corrected chi connectivity index (χ1v) is 12.2. The molecule has 0 aliphatic carbocycles. The summed E-state index contributed by atoms with van der Waals surface area (Å²) in [6, 6.07) is 6.98. The average Bonchev–Trinajstić information content (AvgIpc) is 2.84. The lowest BCUT2D eigenvalue weighted by atomic mass is 10.2. The van der Waals surface area contributed by atoms with Crippen LogP contribution in [0.5, 0.6) is 0 Å². The Kier molecular flexibility index (Phi) is 6.75. The number of morpholine rings is 1. The molecule has 1 aromatic heterocycles. The Morgan fingerprint density at radius 1 is 1.00 bits per heavy atom. The second-order valence-corrected chi connectivity index (χ2v) is 9.73. The molecule has 0 unspecified atom stereocenters. The molecule has 2 aliphatic heterocycles. The third-order valence-corrected chi connectivity index (χ3v) is 7.11. The van der Waals surface area contributed by atoms with Gasteiger partial charge in [0, 0.05) is 51.0 Å². The SMILES string of the molecule is Cc1cc(N2CCN(C(=O)c3ccccc3S(=O)(=O)C(F)F)CC2)nc(N2CCOCC2)n1.